The Labute approximate surface area is 234 Å². The predicted octanol–water partition coefficient (Wildman–Crippen LogP) is 5.41. The first-order valence-electron chi connectivity index (χ1n) is 12.6. The number of carbonyl (C=O) groups excluding carboxylic acids is 1. The Kier molecular flexibility index (Phi) is 7.65. The van der Waals surface area contributed by atoms with Gasteiger partial charge in [-0.05, 0) is 49.7 Å². The molecule has 0 bridgehead atoms. The minimum atomic E-state index is -0.536. The van der Waals surface area contributed by atoms with E-state index < -0.39 is 5.91 Å². The fourth-order valence-electron chi connectivity index (χ4n) is 4.61. The van der Waals surface area contributed by atoms with Gasteiger partial charge in [-0.3, -0.25) is 9.48 Å². The molecule has 3 aromatic heterocycles. The van der Waals surface area contributed by atoms with Crippen molar-refractivity contribution in [3.05, 3.63) is 77.6 Å². The summed E-state index contributed by atoms with van der Waals surface area (Å²) in [6.07, 6.45) is 5.89. The SMILES string of the molecule is CCn1nc(C)cc1-c1ncc2c3cc(C(N)=O)cc(OCc4ccc(OC)cc4)c3n(C/C=C/CBr)c2n1. The molecule has 5 aromatic rings. The molecule has 0 saturated heterocycles. The van der Waals surface area contributed by atoms with E-state index in [-0.39, 0.29) is 0 Å². The molecule has 10 heteroatoms. The summed E-state index contributed by atoms with van der Waals surface area (Å²) in [6.45, 7) is 5.53. The van der Waals surface area contributed by atoms with Gasteiger partial charge in [0.1, 0.15) is 29.4 Å². The van der Waals surface area contributed by atoms with Crippen molar-refractivity contribution in [3.63, 3.8) is 0 Å². The number of methoxy groups -OCH3 is 1. The minimum Gasteiger partial charge on any atom is -0.497 e. The number of carbonyl (C=O) groups is 1. The molecule has 0 atom stereocenters. The van der Waals surface area contributed by atoms with Crippen LogP contribution in [0.4, 0.5) is 0 Å². The summed E-state index contributed by atoms with van der Waals surface area (Å²) < 4.78 is 15.6. The van der Waals surface area contributed by atoms with Gasteiger partial charge in [0, 0.05) is 41.0 Å². The van der Waals surface area contributed by atoms with Crippen molar-refractivity contribution in [1.29, 1.82) is 0 Å². The number of amides is 1. The molecule has 9 nitrogen and oxygen atoms in total. The lowest BCUT2D eigenvalue weighted by atomic mass is 10.1. The average molecular weight is 589 g/mol. The van der Waals surface area contributed by atoms with Gasteiger partial charge in [0.05, 0.1) is 18.3 Å². The number of hydrogen-bond donors (Lipinski definition) is 1. The van der Waals surface area contributed by atoms with E-state index in [1.807, 2.05) is 54.9 Å². The lowest BCUT2D eigenvalue weighted by Gasteiger charge is -2.12. The van der Waals surface area contributed by atoms with E-state index in [0.29, 0.717) is 36.8 Å². The second-order valence-corrected chi connectivity index (χ2v) is 9.67. The smallest absolute Gasteiger partial charge is 0.248 e. The maximum Gasteiger partial charge on any atom is 0.248 e. The molecule has 0 aliphatic heterocycles. The Bertz CT molecular complexity index is 1690. The standard InChI is InChI=1S/C29H29BrN6O3/c1-4-36-24(13-18(2)34-36)28-32-16-23-22-14-20(27(31)37)15-25(39-17-19-7-9-21(38-3)10-8-19)26(22)35(29(23)33-28)12-6-5-11-30/h5-10,13-16H,4,11-12,17H2,1-3H3,(H2,31,37)/b6-5+. The zero-order chi connectivity index (χ0) is 27.5. The number of aromatic nitrogens is 5. The fraction of sp³-hybridized carbons (Fsp3) is 0.241. The van der Waals surface area contributed by atoms with Gasteiger partial charge in [-0.25, -0.2) is 9.97 Å². The summed E-state index contributed by atoms with van der Waals surface area (Å²) in [5.74, 6) is 1.35. The highest BCUT2D eigenvalue weighted by Gasteiger charge is 2.21. The van der Waals surface area contributed by atoms with E-state index in [2.05, 4.69) is 31.7 Å². The van der Waals surface area contributed by atoms with Crippen molar-refractivity contribution in [2.75, 3.05) is 12.4 Å². The van der Waals surface area contributed by atoms with Gasteiger partial charge in [0.2, 0.25) is 5.91 Å². The molecular weight excluding hydrogens is 560 g/mol. The van der Waals surface area contributed by atoms with E-state index in [1.165, 1.54) is 0 Å². The van der Waals surface area contributed by atoms with Crippen LogP contribution >= 0.6 is 15.9 Å². The maximum absolute atomic E-state index is 12.3. The molecule has 0 spiro atoms. The van der Waals surface area contributed by atoms with E-state index in [0.717, 1.165) is 50.0 Å². The van der Waals surface area contributed by atoms with Crippen LogP contribution in [0.25, 0.3) is 33.5 Å². The molecular formula is C29H29BrN6O3. The number of primary amides is 1. The largest absolute Gasteiger partial charge is 0.497 e. The number of rotatable bonds is 10. The Hall–Kier alpha value is -4.18. The monoisotopic (exact) mass is 588 g/mol. The first-order chi connectivity index (χ1) is 18.9. The third kappa shape index (κ3) is 5.24. The Morgan fingerprint density at radius 3 is 2.62 bits per heavy atom. The van der Waals surface area contributed by atoms with Crippen LogP contribution in [0.1, 0.15) is 28.5 Å². The van der Waals surface area contributed by atoms with Gasteiger partial charge in [-0.2, -0.15) is 5.10 Å². The maximum atomic E-state index is 12.3. The van der Waals surface area contributed by atoms with Crippen LogP contribution in [-0.4, -0.2) is 42.7 Å². The quantitative estimate of drug-likeness (QED) is 0.172. The molecule has 3 heterocycles. The first kappa shape index (κ1) is 26.4. The number of nitrogens with zero attached hydrogens (tertiary/aromatic N) is 5. The number of aryl methyl sites for hydroxylation is 2. The minimum absolute atomic E-state index is 0.298. The Balaban J connectivity index is 1.70. The second kappa shape index (κ2) is 11.3. The Morgan fingerprint density at radius 2 is 1.92 bits per heavy atom. The normalized spacial score (nSPS) is 11.6. The first-order valence-corrected chi connectivity index (χ1v) is 13.7. The molecule has 0 fully saturated rings. The summed E-state index contributed by atoms with van der Waals surface area (Å²) in [4.78, 5) is 22.0. The summed E-state index contributed by atoms with van der Waals surface area (Å²) in [6, 6.07) is 13.1. The number of ether oxygens (including phenoxy) is 2. The molecule has 0 radical (unpaired) electrons. The highest BCUT2D eigenvalue weighted by molar-refractivity contribution is 9.09. The number of allylic oxidation sites excluding steroid dienone is 2. The zero-order valence-corrected chi connectivity index (χ0v) is 23.6. The topological polar surface area (TPSA) is 110 Å². The third-order valence-electron chi connectivity index (χ3n) is 6.47. The van der Waals surface area contributed by atoms with Crippen LogP contribution in [0.2, 0.25) is 0 Å². The summed E-state index contributed by atoms with van der Waals surface area (Å²) >= 11 is 3.46. The van der Waals surface area contributed by atoms with E-state index in [1.54, 1.807) is 25.4 Å². The molecule has 5 rings (SSSR count). The highest BCUT2D eigenvalue weighted by Crippen LogP contribution is 2.36. The molecule has 1 amide bonds. The van der Waals surface area contributed by atoms with Gasteiger partial charge in [0.15, 0.2) is 5.82 Å². The molecule has 2 N–H and O–H groups in total. The van der Waals surface area contributed by atoms with Crippen LogP contribution < -0.4 is 15.2 Å². The lowest BCUT2D eigenvalue weighted by molar-refractivity contribution is 0.1000. The van der Waals surface area contributed by atoms with Crippen molar-refractivity contribution in [2.24, 2.45) is 5.73 Å². The average Bonchev–Trinajstić information content (AvgIpc) is 3.49. The third-order valence-corrected chi connectivity index (χ3v) is 6.85. The molecule has 39 heavy (non-hydrogen) atoms. The van der Waals surface area contributed by atoms with Crippen molar-refractivity contribution < 1.29 is 14.3 Å². The molecule has 2 aromatic carbocycles. The highest BCUT2D eigenvalue weighted by atomic mass is 79.9. The van der Waals surface area contributed by atoms with Crippen LogP contribution in [-0.2, 0) is 19.7 Å². The summed E-state index contributed by atoms with van der Waals surface area (Å²) in [5.41, 5.74) is 10.3. The number of hydrogen-bond acceptors (Lipinski definition) is 6. The molecule has 0 unspecified atom stereocenters. The predicted molar refractivity (Wildman–Crippen MR) is 155 cm³/mol. The van der Waals surface area contributed by atoms with E-state index in [4.69, 9.17) is 25.2 Å². The number of benzene rings is 2. The van der Waals surface area contributed by atoms with Gasteiger partial charge >= 0.3 is 0 Å². The number of nitrogens with two attached hydrogens (primary N) is 1. The van der Waals surface area contributed by atoms with Crippen molar-refractivity contribution in [1.82, 2.24) is 24.3 Å². The summed E-state index contributed by atoms with van der Waals surface area (Å²) in [7, 11) is 1.63. The molecule has 0 saturated carbocycles. The van der Waals surface area contributed by atoms with Crippen LogP contribution in [0.15, 0.2) is 60.8 Å². The number of alkyl halides is 1. The van der Waals surface area contributed by atoms with Crippen molar-refractivity contribution in [3.8, 4) is 23.0 Å². The van der Waals surface area contributed by atoms with Gasteiger partial charge in [-0.15, -0.1) is 0 Å². The van der Waals surface area contributed by atoms with Crippen molar-refractivity contribution in [2.45, 2.75) is 33.5 Å². The van der Waals surface area contributed by atoms with E-state index >= 15 is 0 Å². The van der Waals surface area contributed by atoms with Crippen LogP contribution in [0.3, 0.4) is 0 Å². The van der Waals surface area contributed by atoms with E-state index in [9.17, 15) is 4.79 Å². The van der Waals surface area contributed by atoms with Gasteiger partial charge in [0.25, 0.3) is 0 Å². The lowest BCUT2D eigenvalue weighted by Crippen LogP contribution is -2.11. The fourth-order valence-corrected chi connectivity index (χ4v) is 4.88. The van der Waals surface area contributed by atoms with Crippen LogP contribution in [0, 0.1) is 6.92 Å². The second-order valence-electron chi connectivity index (χ2n) is 9.03. The summed E-state index contributed by atoms with van der Waals surface area (Å²) in [5, 5.41) is 6.88. The van der Waals surface area contributed by atoms with Gasteiger partial charge < -0.3 is 19.8 Å². The zero-order valence-electron chi connectivity index (χ0n) is 22.0. The molecule has 0 aliphatic rings. The van der Waals surface area contributed by atoms with Crippen molar-refractivity contribution >= 4 is 43.8 Å². The molecule has 200 valence electrons. The van der Waals surface area contributed by atoms with Gasteiger partial charge in [-0.1, -0.05) is 40.2 Å². The number of fused-ring (bicyclic) bond motifs is 3. The molecule has 0 aliphatic carbocycles. The van der Waals surface area contributed by atoms with Crippen LogP contribution in [0.5, 0.6) is 11.5 Å². The Morgan fingerprint density at radius 1 is 1.13 bits per heavy atom. The number of halogens is 1.